The van der Waals surface area contributed by atoms with Gasteiger partial charge in [0.05, 0.1) is 4.90 Å². The molecule has 1 N–H and O–H groups in total. The van der Waals surface area contributed by atoms with Gasteiger partial charge in [0.15, 0.2) is 0 Å². The number of anilines is 2. The first-order chi connectivity index (χ1) is 12.7. The number of nitrogens with one attached hydrogen (secondary N) is 1. The first-order valence-corrected chi connectivity index (χ1v) is 10.8. The lowest BCUT2D eigenvalue weighted by Crippen LogP contribution is -2.44. The maximum absolute atomic E-state index is 13.0. The van der Waals surface area contributed by atoms with Crippen LogP contribution in [-0.4, -0.2) is 46.5 Å². The van der Waals surface area contributed by atoms with Gasteiger partial charge in [-0.05, 0) is 81.3 Å². The Balaban J connectivity index is 1.83. The van der Waals surface area contributed by atoms with Gasteiger partial charge >= 0.3 is 0 Å². The van der Waals surface area contributed by atoms with Crippen LogP contribution in [0.3, 0.4) is 0 Å². The average Bonchev–Trinajstić information content (AvgIpc) is 2.61. The van der Waals surface area contributed by atoms with Crippen LogP contribution in [0.1, 0.15) is 22.3 Å². The van der Waals surface area contributed by atoms with Crippen molar-refractivity contribution >= 4 is 21.4 Å². The molecule has 1 saturated heterocycles. The van der Waals surface area contributed by atoms with E-state index in [9.17, 15) is 8.42 Å². The fourth-order valence-corrected chi connectivity index (χ4v) is 5.27. The molecule has 5 nitrogen and oxygen atoms in total. The predicted octanol–water partition coefficient (Wildman–Crippen LogP) is 3.47. The van der Waals surface area contributed by atoms with Crippen LogP contribution in [0.15, 0.2) is 35.2 Å². The summed E-state index contributed by atoms with van der Waals surface area (Å²) in [5, 5.41) is 0. The molecule has 0 atom stereocenters. The van der Waals surface area contributed by atoms with Gasteiger partial charge in [0.1, 0.15) is 0 Å². The minimum atomic E-state index is -3.63. The third kappa shape index (κ3) is 4.12. The van der Waals surface area contributed by atoms with Crippen molar-refractivity contribution < 1.29 is 8.42 Å². The molecule has 2 aromatic carbocycles. The lowest BCUT2D eigenvalue weighted by atomic mass is 10.0. The first-order valence-electron chi connectivity index (χ1n) is 9.33. The van der Waals surface area contributed by atoms with Gasteiger partial charge in [-0.3, -0.25) is 4.72 Å². The predicted molar refractivity (Wildman–Crippen MR) is 112 cm³/mol. The third-order valence-electron chi connectivity index (χ3n) is 5.55. The Hall–Kier alpha value is -2.05. The highest BCUT2D eigenvalue weighted by Crippen LogP contribution is 2.28. The second-order valence-electron chi connectivity index (χ2n) is 7.53. The highest BCUT2D eigenvalue weighted by molar-refractivity contribution is 7.92. The summed E-state index contributed by atoms with van der Waals surface area (Å²) in [7, 11) is -1.50. The summed E-state index contributed by atoms with van der Waals surface area (Å²) in [5.74, 6) is 0. The molecule has 0 bridgehead atoms. The molecule has 0 radical (unpaired) electrons. The maximum atomic E-state index is 13.0. The zero-order chi connectivity index (χ0) is 19.8. The zero-order valence-corrected chi connectivity index (χ0v) is 17.7. The standard InChI is InChI=1S/C21H29N3O2S/c1-15-14-16(2)18(4)21(17(15)3)27(25,26)22-19-6-8-20(9-7-19)24-12-10-23(5)11-13-24/h6-9,14,22H,10-13H2,1-5H3. The summed E-state index contributed by atoms with van der Waals surface area (Å²) < 4.78 is 28.8. The Labute approximate surface area is 163 Å². The van der Waals surface area contributed by atoms with E-state index in [0.717, 1.165) is 54.1 Å². The Kier molecular flexibility index (Phi) is 5.49. The van der Waals surface area contributed by atoms with Crippen LogP contribution >= 0.6 is 0 Å². The number of benzene rings is 2. The molecule has 3 rings (SSSR count). The number of aryl methyl sites for hydroxylation is 2. The largest absolute Gasteiger partial charge is 0.369 e. The van der Waals surface area contributed by atoms with E-state index in [2.05, 4.69) is 21.6 Å². The van der Waals surface area contributed by atoms with Crippen molar-refractivity contribution in [2.75, 3.05) is 42.8 Å². The summed E-state index contributed by atoms with van der Waals surface area (Å²) in [6, 6.07) is 9.71. The monoisotopic (exact) mass is 387 g/mol. The Morgan fingerprint density at radius 2 is 1.37 bits per heavy atom. The molecule has 0 aliphatic carbocycles. The van der Waals surface area contributed by atoms with Crippen LogP contribution in [0.5, 0.6) is 0 Å². The zero-order valence-electron chi connectivity index (χ0n) is 16.8. The summed E-state index contributed by atoms with van der Waals surface area (Å²) in [5.41, 5.74) is 5.31. The number of piperazine rings is 1. The van der Waals surface area contributed by atoms with E-state index in [1.165, 1.54) is 0 Å². The number of nitrogens with zero attached hydrogens (tertiary/aromatic N) is 2. The van der Waals surface area contributed by atoms with Gasteiger partial charge in [-0.1, -0.05) is 6.07 Å². The first kappa shape index (κ1) is 19.7. The van der Waals surface area contributed by atoms with Crippen molar-refractivity contribution in [1.82, 2.24) is 4.90 Å². The number of hydrogen-bond donors (Lipinski definition) is 1. The van der Waals surface area contributed by atoms with Gasteiger partial charge in [-0.15, -0.1) is 0 Å². The fraction of sp³-hybridized carbons (Fsp3) is 0.429. The smallest absolute Gasteiger partial charge is 0.262 e. The molecule has 0 amide bonds. The Morgan fingerprint density at radius 1 is 0.852 bits per heavy atom. The quantitative estimate of drug-likeness (QED) is 0.873. The average molecular weight is 388 g/mol. The molecule has 0 saturated carbocycles. The minimum Gasteiger partial charge on any atom is -0.369 e. The molecule has 1 aliphatic heterocycles. The minimum absolute atomic E-state index is 0.392. The summed E-state index contributed by atoms with van der Waals surface area (Å²) in [6.07, 6.45) is 0. The van der Waals surface area contributed by atoms with E-state index in [0.29, 0.717) is 10.6 Å². The van der Waals surface area contributed by atoms with E-state index in [-0.39, 0.29) is 0 Å². The van der Waals surface area contributed by atoms with Crippen LogP contribution in [0.4, 0.5) is 11.4 Å². The van der Waals surface area contributed by atoms with Crippen LogP contribution in [0.2, 0.25) is 0 Å². The topological polar surface area (TPSA) is 52.7 Å². The molecule has 27 heavy (non-hydrogen) atoms. The normalized spacial score (nSPS) is 15.8. The van der Waals surface area contributed by atoms with Crippen LogP contribution in [0, 0.1) is 27.7 Å². The highest BCUT2D eigenvalue weighted by Gasteiger charge is 2.22. The maximum Gasteiger partial charge on any atom is 0.262 e. The van der Waals surface area contributed by atoms with Gasteiger partial charge in [0.25, 0.3) is 10.0 Å². The van der Waals surface area contributed by atoms with E-state index in [1.807, 2.05) is 58.0 Å². The van der Waals surface area contributed by atoms with Crippen molar-refractivity contribution in [3.05, 3.63) is 52.6 Å². The van der Waals surface area contributed by atoms with Crippen molar-refractivity contribution in [3.63, 3.8) is 0 Å². The lowest BCUT2D eigenvalue weighted by Gasteiger charge is -2.34. The van der Waals surface area contributed by atoms with Gasteiger partial charge in [0, 0.05) is 37.6 Å². The van der Waals surface area contributed by atoms with Gasteiger partial charge in [0.2, 0.25) is 0 Å². The third-order valence-corrected chi connectivity index (χ3v) is 7.21. The molecule has 0 spiro atoms. The van der Waals surface area contributed by atoms with Crippen LogP contribution in [-0.2, 0) is 10.0 Å². The summed E-state index contributed by atoms with van der Waals surface area (Å²) >= 11 is 0. The van der Waals surface area contributed by atoms with E-state index in [1.54, 1.807) is 0 Å². The molecular formula is C21H29N3O2S. The van der Waals surface area contributed by atoms with E-state index < -0.39 is 10.0 Å². The van der Waals surface area contributed by atoms with Crippen molar-refractivity contribution in [2.45, 2.75) is 32.6 Å². The van der Waals surface area contributed by atoms with Gasteiger partial charge in [-0.25, -0.2) is 8.42 Å². The molecule has 1 fully saturated rings. The Bertz CT molecular complexity index is 903. The van der Waals surface area contributed by atoms with E-state index >= 15 is 0 Å². The summed E-state index contributed by atoms with van der Waals surface area (Å²) in [4.78, 5) is 5.03. The van der Waals surface area contributed by atoms with Gasteiger partial charge in [-0.2, -0.15) is 0 Å². The molecule has 1 heterocycles. The molecule has 2 aromatic rings. The number of sulfonamides is 1. The van der Waals surface area contributed by atoms with Crippen LogP contribution < -0.4 is 9.62 Å². The van der Waals surface area contributed by atoms with Gasteiger partial charge < -0.3 is 9.80 Å². The fourth-order valence-electron chi connectivity index (χ4n) is 3.59. The van der Waals surface area contributed by atoms with Crippen LogP contribution in [0.25, 0.3) is 0 Å². The summed E-state index contributed by atoms with van der Waals surface area (Å²) in [6.45, 7) is 11.7. The molecular weight excluding hydrogens is 358 g/mol. The number of hydrogen-bond acceptors (Lipinski definition) is 4. The van der Waals surface area contributed by atoms with Crippen molar-refractivity contribution in [2.24, 2.45) is 0 Å². The number of rotatable bonds is 4. The highest BCUT2D eigenvalue weighted by atomic mass is 32.2. The lowest BCUT2D eigenvalue weighted by molar-refractivity contribution is 0.313. The van der Waals surface area contributed by atoms with Crippen molar-refractivity contribution in [3.8, 4) is 0 Å². The van der Waals surface area contributed by atoms with Crippen molar-refractivity contribution in [1.29, 1.82) is 0 Å². The Morgan fingerprint density at radius 3 is 1.89 bits per heavy atom. The molecule has 0 unspecified atom stereocenters. The second kappa shape index (κ2) is 7.52. The van der Waals surface area contributed by atoms with E-state index in [4.69, 9.17) is 0 Å². The second-order valence-corrected chi connectivity index (χ2v) is 9.15. The number of likely N-dealkylation sites (N-methyl/N-ethyl adjacent to an activating group) is 1. The molecule has 1 aliphatic rings. The molecule has 6 heteroatoms. The molecule has 0 aromatic heterocycles. The SMILES string of the molecule is Cc1cc(C)c(C)c(S(=O)(=O)Nc2ccc(N3CCN(C)CC3)cc2)c1C. The molecule has 146 valence electrons.